The van der Waals surface area contributed by atoms with Gasteiger partial charge in [-0.1, -0.05) is 34.0 Å². The van der Waals surface area contributed by atoms with Gasteiger partial charge in [0.1, 0.15) is 17.3 Å². The third kappa shape index (κ3) is 5.63. The first-order chi connectivity index (χ1) is 14.6. The van der Waals surface area contributed by atoms with E-state index in [1.165, 1.54) is 25.3 Å². The Morgan fingerprint density at radius 2 is 1.94 bits per heavy atom. The molecule has 0 aliphatic carbocycles. The normalized spacial score (nSPS) is 11.6. The number of carbonyl (C=O) groups excluding carboxylic acids is 1. The Bertz CT molecular complexity index is 1290. The summed E-state index contributed by atoms with van der Waals surface area (Å²) in [5.41, 5.74) is 2.05. The van der Waals surface area contributed by atoms with E-state index in [9.17, 15) is 17.6 Å². The van der Waals surface area contributed by atoms with Crippen molar-refractivity contribution < 1.29 is 27.0 Å². The van der Waals surface area contributed by atoms with Crippen LogP contribution in [0.15, 0.2) is 48.7 Å². The highest BCUT2D eigenvalue weighted by Gasteiger charge is 2.19. The average molecular weight is 485 g/mol. The van der Waals surface area contributed by atoms with E-state index in [1.54, 1.807) is 35.1 Å². The maximum Gasteiger partial charge on any atom is 0.257 e. The molecule has 0 atom stereocenters. The molecule has 31 heavy (non-hydrogen) atoms. The van der Waals surface area contributed by atoms with Crippen LogP contribution in [-0.4, -0.2) is 32.8 Å². The van der Waals surface area contributed by atoms with Crippen LogP contribution in [0.25, 0.3) is 23.0 Å². The van der Waals surface area contributed by atoms with Gasteiger partial charge in [0.25, 0.3) is 5.91 Å². The Morgan fingerprint density at radius 3 is 2.55 bits per heavy atom. The highest BCUT2D eigenvalue weighted by molar-refractivity contribution is 7.89. The zero-order valence-corrected chi connectivity index (χ0v) is 18.6. The van der Waals surface area contributed by atoms with Crippen molar-refractivity contribution in [2.75, 3.05) is 13.4 Å². The molecular weight excluding hydrogens is 468 g/mol. The molecule has 0 spiro atoms. The van der Waals surface area contributed by atoms with Gasteiger partial charge in [-0.05, 0) is 24.3 Å². The first-order valence-electron chi connectivity index (χ1n) is 8.71. The molecule has 0 bridgehead atoms. The van der Waals surface area contributed by atoms with Crippen LogP contribution in [0.1, 0.15) is 5.56 Å². The molecule has 3 aromatic rings. The molecule has 2 N–H and O–H groups in total. The molecule has 0 saturated carbocycles. The number of H-pyrrole nitrogens is 1. The summed E-state index contributed by atoms with van der Waals surface area (Å²) in [5.74, 6) is -0.941. The number of nitrogens with zero attached hydrogens (tertiary/aromatic N) is 1. The second kappa shape index (κ2) is 9.09. The van der Waals surface area contributed by atoms with Gasteiger partial charge in [-0.2, -0.15) is 5.10 Å². The zero-order valence-electron chi connectivity index (χ0n) is 16.3. The van der Waals surface area contributed by atoms with Gasteiger partial charge in [-0.25, -0.2) is 17.5 Å². The maximum atomic E-state index is 14.0. The fourth-order valence-electron chi connectivity index (χ4n) is 2.76. The largest absolute Gasteiger partial charge is 0.495 e. The van der Waals surface area contributed by atoms with Crippen LogP contribution >= 0.6 is 23.2 Å². The number of benzene rings is 2. The molecule has 11 heteroatoms. The van der Waals surface area contributed by atoms with Crippen molar-refractivity contribution in [2.24, 2.45) is 0 Å². The van der Waals surface area contributed by atoms with Crippen LogP contribution in [0, 0.1) is 5.82 Å². The number of amides is 1. The number of ether oxygens (including phenoxy) is 1. The number of rotatable bonds is 6. The van der Waals surface area contributed by atoms with E-state index in [-0.39, 0.29) is 5.02 Å². The molecule has 1 aromatic heterocycles. The molecule has 7 nitrogen and oxygen atoms in total. The van der Waals surface area contributed by atoms with Gasteiger partial charge in [-0.3, -0.25) is 4.79 Å². The summed E-state index contributed by atoms with van der Waals surface area (Å²) >= 11 is 12.0. The minimum absolute atomic E-state index is 0.0326. The quantitative estimate of drug-likeness (QED) is 0.413. The van der Waals surface area contributed by atoms with Crippen molar-refractivity contribution in [3.63, 3.8) is 0 Å². The number of hydrogen-bond acceptors (Lipinski definition) is 4. The number of aromatic nitrogens is 2. The molecule has 0 aliphatic rings. The van der Waals surface area contributed by atoms with E-state index >= 15 is 0 Å². The van der Waals surface area contributed by atoms with E-state index in [4.69, 9.17) is 27.9 Å². The molecule has 0 unspecified atom stereocenters. The molecule has 0 aliphatic heterocycles. The number of hydrogen-bond donors (Lipinski definition) is 2. The Labute approximate surface area is 188 Å². The number of carbonyl (C=O) groups is 1. The highest BCUT2D eigenvalue weighted by atomic mass is 35.5. The predicted molar refractivity (Wildman–Crippen MR) is 116 cm³/mol. The second-order valence-electron chi connectivity index (χ2n) is 6.46. The monoisotopic (exact) mass is 484 g/mol. The SMILES string of the molecule is COc1ccc(-[n+]2cc(C=CC(=O)NS(C)(=O)=O)c(-c3ccc(Cl)c(F)c3)[nH]2)cc1Cl. The van der Waals surface area contributed by atoms with Crippen molar-refractivity contribution >= 4 is 45.2 Å². The minimum atomic E-state index is -3.70. The van der Waals surface area contributed by atoms with Crippen LogP contribution < -0.4 is 14.1 Å². The molecule has 162 valence electrons. The Kier molecular flexibility index (Phi) is 6.68. The summed E-state index contributed by atoms with van der Waals surface area (Å²) in [4.78, 5) is 11.9. The van der Waals surface area contributed by atoms with E-state index < -0.39 is 21.7 Å². The van der Waals surface area contributed by atoms with Crippen molar-refractivity contribution in [2.45, 2.75) is 0 Å². The number of halogens is 3. The number of nitrogens with one attached hydrogen (secondary N) is 2. The maximum absolute atomic E-state index is 14.0. The lowest BCUT2D eigenvalue weighted by atomic mass is 10.1. The zero-order chi connectivity index (χ0) is 22.8. The van der Waals surface area contributed by atoms with Crippen LogP contribution in [0.4, 0.5) is 4.39 Å². The molecule has 1 heterocycles. The summed E-state index contributed by atoms with van der Waals surface area (Å²) in [5, 5.41) is 3.45. The Balaban J connectivity index is 2.08. The smallest absolute Gasteiger partial charge is 0.257 e. The summed E-state index contributed by atoms with van der Waals surface area (Å²) in [6, 6.07) is 9.35. The van der Waals surface area contributed by atoms with Crippen molar-refractivity contribution in [1.29, 1.82) is 0 Å². The summed E-state index contributed by atoms with van der Waals surface area (Å²) in [6.07, 6.45) is 4.98. The number of aromatic amines is 1. The Morgan fingerprint density at radius 1 is 1.19 bits per heavy atom. The second-order valence-corrected chi connectivity index (χ2v) is 9.02. The van der Waals surface area contributed by atoms with Crippen LogP contribution in [0.3, 0.4) is 0 Å². The summed E-state index contributed by atoms with van der Waals surface area (Å²) in [6.45, 7) is 0. The van der Waals surface area contributed by atoms with E-state index in [1.807, 2.05) is 4.72 Å². The van der Waals surface area contributed by atoms with Crippen molar-refractivity contribution in [3.05, 3.63) is 70.1 Å². The topological polar surface area (TPSA) is 92.1 Å². The van der Waals surface area contributed by atoms with Crippen molar-refractivity contribution in [3.8, 4) is 22.7 Å². The van der Waals surface area contributed by atoms with E-state index in [0.717, 1.165) is 12.3 Å². The molecular formula is C20H17Cl2FN3O4S+. The lowest BCUT2D eigenvalue weighted by Gasteiger charge is -2.01. The van der Waals surface area contributed by atoms with Crippen molar-refractivity contribution in [1.82, 2.24) is 9.82 Å². The van der Waals surface area contributed by atoms with Gasteiger partial charge >= 0.3 is 0 Å². The lowest BCUT2D eigenvalue weighted by molar-refractivity contribution is -0.654. The molecule has 3 rings (SSSR count). The van der Waals surface area contributed by atoms with Gasteiger partial charge in [0.2, 0.25) is 21.9 Å². The van der Waals surface area contributed by atoms with Crippen LogP contribution in [-0.2, 0) is 14.8 Å². The third-order valence-corrected chi connectivity index (χ3v) is 5.29. The first kappa shape index (κ1) is 22.8. The fraction of sp³-hybridized carbons (Fsp3) is 0.100. The number of methoxy groups -OCH3 is 1. The molecule has 0 radical (unpaired) electrons. The Hall–Kier alpha value is -2.88. The highest BCUT2D eigenvalue weighted by Crippen LogP contribution is 2.28. The van der Waals surface area contributed by atoms with E-state index in [2.05, 4.69) is 5.10 Å². The minimum Gasteiger partial charge on any atom is -0.495 e. The van der Waals surface area contributed by atoms with E-state index in [0.29, 0.717) is 33.3 Å². The van der Waals surface area contributed by atoms with Crippen LogP contribution in [0.5, 0.6) is 5.75 Å². The van der Waals surface area contributed by atoms with Crippen LogP contribution in [0.2, 0.25) is 10.0 Å². The third-order valence-electron chi connectivity index (χ3n) is 4.11. The summed E-state index contributed by atoms with van der Waals surface area (Å²) in [7, 11) is -2.20. The molecule has 0 fully saturated rings. The molecule has 1 amide bonds. The van der Waals surface area contributed by atoms with Gasteiger partial charge < -0.3 is 4.74 Å². The fourth-order valence-corrected chi connectivity index (χ4v) is 3.56. The molecule has 2 aromatic carbocycles. The molecule has 0 saturated heterocycles. The predicted octanol–water partition coefficient (Wildman–Crippen LogP) is 3.50. The van der Waals surface area contributed by atoms with Gasteiger partial charge in [-0.15, -0.1) is 0 Å². The first-order valence-corrected chi connectivity index (χ1v) is 11.4. The van der Waals surface area contributed by atoms with Gasteiger partial charge in [0.05, 0.1) is 29.0 Å². The van der Waals surface area contributed by atoms with Gasteiger partial charge in [0.15, 0.2) is 0 Å². The average Bonchev–Trinajstić information content (AvgIpc) is 3.11. The summed E-state index contributed by atoms with van der Waals surface area (Å²) < 4.78 is 45.1. The van der Waals surface area contributed by atoms with Gasteiger partial charge in [0, 0.05) is 23.8 Å². The standard InChI is InChI=1S/C20H16Cl2FN3O4S/c1-30-18-7-5-14(10-16(18)22)26-11-13(4-8-19(27)25-31(2,28)29)20(24-26)12-3-6-15(21)17(23)9-12/h3-11H,1-2H3,(H,25,27)/p+1. The lowest BCUT2D eigenvalue weighted by Crippen LogP contribution is -2.31. The number of sulfonamides is 1.